The van der Waals surface area contributed by atoms with Crippen LogP contribution in [0.5, 0.6) is 0 Å². The van der Waals surface area contributed by atoms with Crippen LogP contribution in [0.2, 0.25) is 5.02 Å². The highest BCUT2D eigenvalue weighted by Gasteiger charge is 2.38. The predicted molar refractivity (Wildman–Crippen MR) is 205 cm³/mol. The molecule has 0 radical (unpaired) electrons. The SMILES string of the molecule is CCC(=O)N1CC(N2CCC(c3nn(C4CC4)c4ccc(-c5nc6cc(C)c([C@H](OC(C)(C)C)C(=O)O)c(-c7ccc(Cl)cc7)c6s5)nc34)CC2)C1. The number of aliphatic carboxylic acids is 1. The first kappa shape index (κ1) is 35.1. The number of aryl methyl sites for hydroxylation is 1. The van der Waals surface area contributed by atoms with Crippen molar-refractivity contribution in [2.24, 2.45) is 0 Å². The van der Waals surface area contributed by atoms with Gasteiger partial charge in [-0.3, -0.25) is 14.4 Å². The fourth-order valence-electron chi connectivity index (χ4n) is 7.83. The third kappa shape index (κ3) is 6.61. The van der Waals surface area contributed by atoms with E-state index in [1.807, 2.05) is 75.9 Å². The number of carbonyl (C=O) groups is 2. The van der Waals surface area contributed by atoms with E-state index >= 15 is 0 Å². The van der Waals surface area contributed by atoms with Crippen molar-refractivity contribution in [2.75, 3.05) is 26.2 Å². The van der Waals surface area contributed by atoms with Crippen molar-refractivity contribution >= 4 is 56.1 Å². The summed E-state index contributed by atoms with van der Waals surface area (Å²) in [4.78, 5) is 39.8. The van der Waals surface area contributed by atoms with E-state index in [1.54, 1.807) is 0 Å². The van der Waals surface area contributed by atoms with Gasteiger partial charge in [0.25, 0.3) is 0 Å². The minimum atomic E-state index is -1.18. The number of amides is 1. The molecule has 1 saturated carbocycles. The van der Waals surface area contributed by atoms with Gasteiger partial charge in [-0.05, 0) is 108 Å². The van der Waals surface area contributed by atoms with Gasteiger partial charge >= 0.3 is 5.97 Å². The highest BCUT2D eigenvalue weighted by molar-refractivity contribution is 7.22. The van der Waals surface area contributed by atoms with Crippen LogP contribution in [0.1, 0.15) is 94.7 Å². The van der Waals surface area contributed by atoms with Crippen LogP contribution in [-0.4, -0.2) is 84.4 Å². The van der Waals surface area contributed by atoms with Crippen molar-refractivity contribution < 1.29 is 19.4 Å². The number of ether oxygens (including phenoxy) is 1. The number of carboxylic acids is 1. The van der Waals surface area contributed by atoms with E-state index in [-0.39, 0.29) is 5.91 Å². The first-order valence-corrected chi connectivity index (χ1v) is 19.6. The number of piperidine rings is 1. The second-order valence-electron chi connectivity index (χ2n) is 15.5. The van der Waals surface area contributed by atoms with Crippen LogP contribution in [0.3, 0.4) is 0 Å². The Morgan fingerprint density at radius 1 is 1.02 bits per heavy atom. The van der Waals surface area contributed by atoms with Crippen molar-refractivity contribution in [3.63, 3.8) is 0 Å². The number of aromatic nitrogens is 4. The molecular weight excluding hydrogens is 696 g/mol. The maximum absolute atomic E-state index is 12.8. The predicted octanol–water partition coefficient (Wildman–Crippen LogP) is 8.41. The molecule has 1 amide bonds. The lowest BCUT2D eigenvalue weighted by Gasteiger charge is -2.47. The Balaban J connectivity index is 1.17. The molecule has 3 fully saturated rings. The van der Waals surface area contributed by atoms with E-state index in [4.69, 9.17) is 31.4 Å². The summed E-state index contributed by atoms with van der Waals surface area (Å²) in [6.07, 6.45) is 3.67. The van der Waals surface area contributed by atoms with Gasteiger partial charge in [0.05, 0.1) is 38.8 Å². The summed E-state index contributed by atoms with van der Waals surface area (Å²) in [5.41, 5.74) is 7.01. The van der Waals surface area contributed by atoms with Crippen LogP contribution in [0.25, 0.3) is 43.1 Å². The van der Waals surface area contributed by atoms with Crippen molar-refractivity contribution in [2.45, 2.75) is 96.4 Å². The van der Waals surface area contributed by atoms with Crippen molar-refractivity contribution in [3.05, 3.63) is 64.3 Å². The molecule has 1 aliphatic carbocycles. The highest BCUT2D eigenvalue weighted by atomic mass is 35.5. The summed E-state index contributed by atoms with van der Waals surface area (Å²) < 4.78 is 9.28. The van der Waals surface area contributed by atoms with Crippen LogP contribution in [0.4, 0.5) is 0 Å². The highest BCUT2D eigenvalue weighted by Crippen LogP contribution is 2.45. The van der Waals surface area contributed by atoms with Gasteiger partial charge < -0.3 is 14.7 Å². The molecule has 12 heteroatoms. The number of pyridine rings is 1. The van der Waals surface area contributed by atoms with E-state index in [0.717, 1.165) is 106 Å². The van der Waals surface area contributed by atoms with Gasteiger partial charge in [-0.1, -0.05) is 30.7 Å². The van der Waals surface area contributed by atoms with Crippen LogP contribution in [0, 0.1) is 6.92 Å². The monoisotopic (exact) mass is 740 g/mol. The molecule has 52 heavy (non-hydrogen) atoms. The molecule has 2 saturated heterocycles. The zero-order valence-electron chi connectivity index (χ0n) is 30.4. The van der Waals surface area contributed by atoms with Gasteiger partial charge in [0.1, 0.15) is 10.5 Å². The van der Waals surface area contributed by atoms with Crippen LogP contribution >= 0.6 is 22.9 Å². The molecule has 3 aliphatic rings. The number of hydrogen-bond donors (Lipinski definition) is 1. The average molecular weight is 741 g/mol. The second kappa shape index (κ2) is 13.5. The van der Waals surface area contributed by atoms with Crippen molar-refractivity contribution in [1.82, 2.24) is 29.5 Å². The van der Waals surface area contributed by atoms with Crippen LogP contribution < -0.4 is 0 Å². The van der Waals surface area contributed by atoms with E-state index in [2.05, 4.69) is 15.6 Å². The number of rotatable bonds is 9. The molecule has 5 aromatic rings. The third-order valence-corrected chi connectivity index (χ3v) is 12.0. The van der Waals surface area contributed by atoms with Gasteiger partial charge in [0.15, 0.2) is 6.10 Å². The maximum Gasteiger partial charge on any atom is 0.337 e. The van der Waals surface area contributed by atoms with Gasteiger partial charge in [0, 0.05) is 47.6 Å². The van der Waals surface area contributed by atoms with Crippen molar-refractivity contribution in [1.29, 1.82) is 0 Å². The number of carbonyl (C=O) groups excluding carboxylic acids is 1. The Morgan fingerprint density at radius 3 is 2.37 bits per heavy atom. The smallest absolute Gasteiger partial charge is 0.337 e. The zero-order chi connectivity index (χ0) is 36.5. The van der Waals surface area contributed by atoms with Gasteiger partial charge in [-0.25, -0.2) is 14.8 Å². The average Bonchev–Trinajstić information content (AvgIpc) is 3.74. The molecular formula is C40H45ClN6O4S. The first-order valence-electron chi connectivity index (χ1n) is 18.4. The Bertz CT molecular complexity index is 2170. The summed E-state index contributed by atoms with van der Waals surface area (Å²) in [5, 5.41) is 17.1. The molecule has 10 nitrogen and oxygen atoms in total. The molecule has 5 heterocycles. The Kier molecular flexibility index (Phi) is 9.13. The lowest BCUT2D eigenvalue weighted by Crippen LogP contribution is -2.62. The number of carboxylic acid groups (broad SMARTS) is 1. The molecule has 2 aromatic carbocycles. The molecule has 0 bridgehead atoms. The van der Waals surface area contributed by atoms with Crippen LogP contribution in [-0.2, 0) is 14.3 Å². The van der Waals surface area contributed by atoms with Gasteiger partial charge in [-0.2, -0.15) is 5.10 Å². The van der Waals surface area contributed by atoms with E-state index in [1.165, 1.54) is 11.3 Å². The molecule has 8 rings (SSSR count). The normalized spacial score (nSPS) is 18.3. The van der Waals surface area contributed by atoms with E-state index < -0.39 is 17.7 Å². The zero-order valence-corrected chi connectivity index (χ0v) is 31.9. The lowest BCUT2D eigenvalue weighted by atomic mass is 9.91. The third-order valence-electron chi connectivity index (χ3n) is 10.7. The minimum Gasteiger partial charge on any atom is -0.479 e. The van der Waals surface area contributed by atoms with E-state index in [0.29, 0.717) is 35.0 Å². The number of thiazole rings is 1. The molecule has 1 N–H and O–H groups in total. The minimum absolute atomic E-state index is 0.244. The number of halogens is 1. The number of nitrogens with zero attached hydrogens (tertiary/aromatic N) is 6. The fraction of sp³-hybridized carbons (Fsp3) is 0.475. The summed E-state index contributed by atoms with van der Waals surface area (Å²) in [5.74, 6) is -0.492. The van der Waals surface area contributed by atoms with Gasteiger partial charge in [-0.15, -0.1) is 11.3 Å². The fourth-order valence-corrected chi connectivity index (χ4v) is 9.05. The summed E-state index contributed by atoms with van der Waals surface area (Å²) >= 11 is 7.83. The Morgan fingerprint density at radius 2 is 1.73 bits per heavy atom. The molecule has 0 unspecified atom stereocenters. The Hall–Kier alpha value is -3.90. The number of hydrogen-bond acceptors (Lipinski definition) is 8. The van der Waals surface area contributed by atoms with Gasteiger partial charge in [0.2, 0.25) is 5.91 Å². The molecule has 1 atom stereocenters. The number of benzene rings is 2. The number of likely N-dealkylation sites (tertiary alicyclic amines) is 2. The molecule has 0 spiro atoms. The molecule has 3 aromatic heterocycles. The lowest BCUT2D eigenvalue weighted by molar-refractivity contribution is -0.160. The topological polar surface area (TPSA) is 114 Å². The summed E-state index contributed by atoms with van der Waals surface area (Å²) in [6.45, 7) is 13.1. The quantitative estimate of drug-likeness (QED) is 0.160. The van der Waals surface area contributed by atoms with Crippen LogP contribution in [0.15, 0.2) is 42.5 Å². The van der Waals surface area contributed by atoms with Crippen molar-refractivity contribution in [3.8, 4) is 21.8 Å². The standard InChI is InChI=1S/C40H45ClN6O4S/c1-6-31(48)46-20-27(21-46)45-17-15-24(16-18-45)34-35-30(47(44-34)26-11-12-26)14-13-28(42-35)38-43-29-19-22(2)32(36(39(49)50)51-40(3,4)5)33(37(29)52-38)23-7-9-25(41)10-8-23/h7-10,13-14,19,24,26-27,36H,6,11-12,15-18,20-21H2,1-5H3,(H,49,50)/t36-/m0/s1. The number of fused-ring (bicyclic) bond motifs is 2. The molecule has 2 aliphatic heterocycles. The maximum atomic E-state index is 12.8. The van der Waals surface area contributed by atoms with E-state index in [9.17, 15) is 14.7 Å². The summed E-state index contributed by atoms with van der Waals surface area (Å²) in [6, 6.07) is 14.5. The first-order chi connectivity index (χ1) is 24.9. The molecule has 272 valence electrons. The summed E-state index contributed by atoms with van der Waals surface area (Å²) in [7, 11) is 0. The Labute approximate surface area is 312 Å². The second-order valence-corrected chi connectivity index (χ2v) is 17.0. The largest absolute Gasteiger partial charge is 0.479 e.